The lowest BCUT2D eigenvalue weighted by Crippen LogP contribution is -2.52. The standard InChI is InChI=1S/C27H31N3O5S/c1-7-16(2)35-20(19-11-9-8-10-12-19)15-29-25-21(17(3)22(36-25)23-28-13-14-34-23)24(32)30(26(29)33)27(5,6)18(4)31/h8-14,16,20H,7,15H2,1-6H3. The summed E-state index contributed by atoms with van der Waals surface area (Å²) in [4.78, 5) is 45.7. The number of Topliss-reactive ketones (excluding diaryl/α,β-unsaturated/α-hetero) is 1. The summed E-state index contributed by atoms with van der Waals surface area (Å²) in [7, 11) is 0. The van der Waals surface area contributed by atoms with Gasteiger partial charge in [0.2, 0.25) is 5.89 Å². The molecule has 0 aliphatic heterocycles. The van der Waals surface area contributed by atoms with Crippen molar-refractivity contribution in [2.24, 2.45) is 0 Å². The summed E-state index contributed by atoms with van der Waals surface area (Å²) < 4.78 is 14.5. The molecule has 0 N–H and O–H groups in total. The molecule has 0 fully saturated rings. The second-order valence-corrected chi connectivity index (χ2v) is 10.5. The minimum absolute atomic E-state index is 0.0473. The zero-order valence-electron chi connectivity index (χ0n) is 21.4. The Hall–Kier alpha value is -3.30. The molecular formula is C27H31N3O5S. The molecule has 2 unspecified atom stereocenters. The highest BCUT2D eigenvalue weighted by atomic mass is 32.1. The third kappa shape index (κ3) is 4.49. The first-order chi connectivity index (χ1) is 17.1. The molecule has 36 heavy (non-hydrogen) atoms. The normalized spacial score (nSPS) is 13.7. The Bertz CT molecular complexity index is 1500. The van der Waals surface area contributed by atoms with E-state index in [1.54, 1.807) is 18.4 Å². The van der Waals surface area contributed by atoms with Crippen molar-refractivity contribution in [2.75, 3.05) is 0 Å². The average molecular weight is 510 g/mol. The Kier molecular flexibility index (Phi) is 7.15. The Balaban J connectivity index is 2.03. The maximum atomic E-state index is 14.0. The van der Waals surface area contributed by atoms with Gasteiger partial charge in [-0.15, -0.1) is 11.3 Å². The highest BCUT2D eigenvalue weighted by Gasteiger charge is 2.33. The van der Waals surface area contributed by atoms with Gasteiger partial charge >= 0.3 is 5.69 Å². The van der Waals surface area contributed by atoms with Crippen LogP contribution in [0.2, 0.25) is 0 Å². The summed E-state index contributed by atoms with van der Waals surface area (Å²) in [5.74, 6) is 0.0869. The van der Waals surface area contributed by atoms with Crippen molar-refractivity contribution >= 4 is 27.3 Å². The number of oxazole rings is 1. The molecule has 3 heterocycles. The van der Waals surface area contributed by atoms with E-state index in [9.17, 15) is 14.4 Å². The monoisotopic (exact) mass is 509 g/mol. The van der Waals surface area contributed by atoms with Crippen molar-refractivity contribution in [1.82, 2.24) is 14.1 Å². The van der Waals surface area contributed by atoms with Crippen LogP contribution in [0, 0.1) is 6.92 Å². The quantitative estimate of drug-likeness (QED) is 0.313. The molecule has 0 bridgehead atoms. The number of carbonyl (C=O) groups excluding carboxylic acids is 1. The van der Waals surface area contributed by atoms with Gasteiger partial charge in [0.05, 0.1) is 29.1 Å². The lowest BCUT2D eigenvalue weighted by Gasteiger charge is -2.27. The summed E-state index contributed by atoms with van der Waals surface area (Å²) >= 11 is 1.28. The molecule has 0 radical (unpaired) electrons. The Morgan fingerprint density at radius 2 is 1.92 bits per heavy atom. The summed E-state index contributed by atoms with van der Waals surface area (Å²) in [6, 6.07) is 9.70. The summed E-state index contributed by atoms with van der Waals surface area (Å²) in [5, 5.41) is 0.373. The predicted molar refractivity (Wildman–Crippen MR) is 141 cm³/mol. The van der Waals surface area contributed by atoms with Crippen LogP contribution in [0.3, 0.4) is 0 Å². The molecule has 0 saturated heterocycles. The second kappa shape index (κ2) is 9.99. The fourth-order valence-corrected chi connectivity index (χ4v) is 5.38. The Morgan fingerprint density at radius 3 is 2.50 bits per heavy atom. The van der Waals surface area contributed by atoms with Crippen LogP contribution in [-0.2, 0) is 21.6 Å². The smallest absolute Gasteiger partial charge is 0.333 e. The number of thiophene rings is 1. The van der Waals surface area contributed by atoms with Crippen LogP contribution < -0.4 is 11.2 Å². The maximum Gasteiger partial charge on any atom is 0.333 e. The van der Waals surface area contributed by atoms with Crippen molar-refractivity contribution in [2.45, 2.75) is 72.3 Å². The van der Waals surface area contributed by atoms with E-state index in [0.717, 1.165) is 16.6 Å². The molecular weight excluding hydrogens is 478 g/mol. The number of aryl methyl sites for hydroxylation is 1. The van der Waals surface area contributed by atoms with Gasteiger partial charge < -0.3 is 9.15 Å². The molecule has 4 aromatic rings. The minimum atomic E-state index is -1.33. The van der Waals surface area contributed by atoms with Crippen LogP contribution >= 0.6 is 11.3 Å². The molecule has 0 aliphatic carbocycles. The number of ketones is 1. The van der Waals surface area contributed by atoms with E-state index < -0.39 is 22.9 Å². The highest BCUT2D eigenvalue weighted by Crippen LogP contribution is 2.36. The molecule has 0 spiro atoms. The van der Waals surface area contributed by atoms with E-state index in [2.05, 4.69) is 4.98 Å². The van der Waals surface area contributed by atoms with E-state index in [1.807, 2.05) is 51.1 Å². The first-order valence-corrected chi connectivity index (χ1v) is 12.8. The van der Waals surface area contributed by atoms with Crippen LogP contribution in [0.5, 0.6) is 0 Å². The number of benzene rings is 1. The van der Waals surface area contributed by atoms with Gasteiger partial charge in [-0.2, -0.15) is 0 Å². The van der Waals surface area contributed by atoms with Crippen LogP contribution in [0.15, 0.2) is 56.8 Å². The molecule has 0 saturated carbocycles. The number of ether oxygens (including phenoxy) is 1. The molecule has 0 amide bonds. The zero-order chi connectivity index (χ0) is 26.2. The number of hydrogen-bond donors (Lipinski definition) is 0. The highest BCUT2D eigenvalue weighted by molar-refractivity contribution is 7.22. The number of rotatable bonds is 9. The molecule has 3 aromatic heterocycles. The summed E-state index contributed by atoms with van der Waals surface area (Å²) in [5.41, 5.74) is -0.814. The van der Waals surface area contributed by atoms with Gasteiger partial charge in [-0.25, -0.2) is 14.3 Å². The third-order valence-electron chi connectivity index (χ3n) is 6.75. The van der Waals surface area contributed by atoms with Gasteiger partial charge in [0.1, 0.15) is 22.7 Å². The van der Waals surface area contributed by atoms with E-state index in [0.29, 0.717) is 26.5 Å². The van der Waals surface area contributed by atoms with Crippen molar-refractivity contribution in [1.29, 1.82) is 0 Å². The number of aromatic nitrogens is 3. The van der Waals surface area contributed by atoms with Crippen LogP contribution in [0.25, 0.3) is 21.0 Å². The Morgan fingerprint density at radius 1 is 1.22 bits per heavy atom. The maximum absolute atomic E-state index is 14.0. The fraction of sp³-hybridized carbons (Fsp3) is 0.407. The number of hydrogen-bond acceptors (Lipinski definition) is 7. The summed E-state index contributed by atoms with van der Waals surface area (Å²) in [6.07, 6.45) is 3.32. The van der Waals surface area contributed by atoms with Crippen molar-refractivity contribution in [3.05, 3.63) is 74.8 Å². The van der Waals surface area contributed by atoms with E-state index >= 15 is 0 Å². The van der Waals surface area contributed by atoms with Gasteiger partial charge in [-0.3, -0.25) is 14.2 Å². The van der Waals surface area contributed by atoms with E-state index in [1.165, 1.54) is 30.7 Å². The van der Waals surface area contributed by atoms with Gasteiger partial charge in [-0.05, 0) is 52.2 Å². The van der Waals surface area contributed by atoms with E-state index in [-0.39, 0.29) is 18.4 Å². The van der Waals surface area contributed by atoms with E-state index in [4.69, 9.17) is 9.15 Å². The number of fused-ring (bicyclic) bond motifs is 1. The molecule has 2 atom stereocenters. The van der Waals surface area contributed by atoms with Gasteiger partial charge in [0, 0.05) is 0 Å². The molecule has 1 aromatic carbocycles. The molecule has 8 nitrogen and oxygen atoms in total. The lowest BCUT2D eigenvalue weighted by atomic mass is 10.00. The predicted octanol–water partition coefficient (Wildman–Crippen LogP) is 5.07. The second-order valence-electron chi connectivity index (χ2n) is 9.48. The number of carbonyl (C=O) groups is 1. The Labute approximate surface area is 213 Å². The molecule has 0 aliphatic rings. The van der Waals surface area contributed by atoms with Crippen LogP contribution in [0.4, 0.5) is 0 Å². The third-order valence-corrected chi connectivity index (χ3v) is 8.05. The largest absolute Gasteiger partial charge is 0.444 e. The van der Waals surface area contributed by atoms with Crippen molar-refractivity contribution in [3.8, 4) is 10.8 Å². The van der Waals surface area contributed by atoms with Gasteiger partial charge in [0.15, 0.2) is 5.78 Å². The van der Waals surface area contributed by atoms with Crippen molar-refractivity contribution < 1.29 is 13.9 Å². The summed E-state index contributed by atoms with van der Waals surface area (Å²) in [6.45, 7) is 10.6. The lowest BCUT2D eigenvalue weighted by molar-refractivity contribution is -0.124. The average Bonchev–Trinajstić information content (AvgIpc) is 3.49. The number of nitrogens with zero attached hydrogens (tertiary/aromatic N) is 3. The molecule has 9 heteroatoms. The molecule has 190 valence electrons. The van der Waals surface area contributed by atoms with Crippen LogP contribution in [-0.4, -0.2) is 26.0 Å². The zero-order valence-corrected chi connectivity index (χ0v) is 22.2. The van der Waals surface area contributed by atoms with Crippen molar-refractivity contribution in [3.63, 3.8) is 0 Å². The fourth-order valence-electron chi connectivity index (χ4n) is 4.13. The topological polar surface area (TPSA) is 96.3 Å². The first kappa shape index (κ1) is 25.8. The van der Waals surface area contributed by atoms with Gasteiger partial charge in [-0.1, -0.05) is 37.3 Å². The van der Waals surface area contributed by atoms with Crippen LogP contribution in [0.1, 0.15) is 58.3 Å². The SMILES string of the molecule is CCC(C)OC(Cn1c(=O)n(C(C)(C)C(C)=O)c(=O)c2c(C)c(-c3ncco3)sc21)c1ccccc1. The molecule has 4 rings (SSSR count). The van der Waals surface area contributed by atoms with Gasteiger partial charge in [0.25, 0.3) is 5.56 Å². The minimum Gasteiger partial charge on any atom is -0.444 e. The first-order valence-electron chi connectivity index (χ1n) is 12.0.